The Morgan fingerprint density at radius 3 is 2.50 bits per heavy atom. The Morgan fingerprint density at radius 1 is 1.09 bits per heavy atom. The van der Waals surface area contributed by atoms with Gasteiger partial charge in [-0.3, -0.25) is 9.69 Å². The molecule has 2 atom stereocenters. The van der Waals surface area contributed by atoms with Crippen LogP contribution in [0.5, 0.6) is 5.75 Å². The van der Waals surface area contributed by atoms with Gasteiger partial charge >= 0.3 is 0 Å². The lowest BCUT2D eigenvalue weighted by atomic mass is 9.85. The minimum absolute atomic E-state index is 0.0727. The molecule has 4 nitrogen and oxygen atoms in total. The average Bonchev–Trinajstić information content (AvgIpc) is 3.08. The second kappa shape index (κ2) is 10.4. The van der Waals surface area contributed by atoms with Crippen molar-refractivity contribution < 1.29 is 9.53 Å². The van der Waals surface area contributed by atoms with E-state index in [4.69, 9.17) is 9.73 Å². The zero-order valence-electron chi connectivity index (χ0n) is 19.2. The standard InChI is InChI=1S/C27H32N2O2S/c1-19(2)18-31-23-15-13-21(14-16-23)17-25-26(30)29(24-12-8-7-9-20(24)3)27(32-25)28-22-10-5-4-6-11-22/h4-6,10-11,13-17,19-20,24H,7-9,12,18H2,1-3H3/b25-17-,28-27?/t20-,24+/m0/s1. The van der Waals surface area contributed by atoms with Crippen LogP contribution < -0.4 is 4.74 Å². The monoisotopic (exact) mass is 448 g/mol. The number of aliphatic imine (C=N–C) groups is 1. The quantitative estimate of drug-likeness (QED) is 0.451. The summed E-state index contributed by atoms with van der Waals surface area (Å²) in [5, 5.41) is 0.795. The van der Waals surface area contributed by atoms with Crippen LogP contribution in [-0.2, 0) is 4.79 Å². The molecule has 32 heavy (non-hydrogen) atoms. The van der Waals surface area contributed by atoms with E-state index in [1.165, 1.54) is 24.6 Å². The number of hydrogen-bond acceptors (Lipinski definition) is 4. The number of carbonyl (C=O) groups is 1. The molecule has 2 aromatic rings. The summed E-state index contributed by atoms with van der Waals surface area (Å²) in [5.74, 6) is 1.89. The molecule has 0 aromatic heterocycles. The molecule has 2 aromatic carbocycles. The summed E-state index contributed by atoms with van der Waals surface area (Å²) in [6.07, 6.45) is 6.59. The summed E-state index contributed by atoms with van der Waals surface area (Å²) in [5.41, 5.74) is 1.87. The van der Waals surface area contributed by atoms with Crippen molar-refractivity contribution in [2.75, 3.05) is 6.61 Å². The molecule has 0 N–H and O–H groups in total. The van der Waals surface area contributed by atoms with Gasteiger partial charge in [0.1, 0.15) is 5.75 Å². The van der Waals surface area contributed by atoms with Crippen molar-refractivity contribution in [2.45, 2.75) is 52.5 Å². The minimum atomic E-state index is 0.0727. The Kier molecular flexibility index (Phi) is 7.36. The van der Waals surface area contributed by atoms with Crippen LogP contribution in [0.3, 0.4) is 0 Å². The van der Waals surface area contributed by atoms with Gasteiger partial charge < -0.3 is 4.74 Å². The molecule has 2 fully saturated rings. The van der Waals surface area contributed by atoms with Gasteiger partial charge in [0.15, 0.2) is 5.17 Å². The van der Waals surface area contributed by atoms with E-state index in [0.29, 0.717) is 18.4 Å². The first kappa shape index (κ1) is 22.7. The number of amides is 1. The van der Waals surface area contributed by atoms with Crippen molar-refractivity contribution in [3.8, 4) is 5.75 Å². The Bertz CT molecular complexity index is 982. The van der Waals surface area contributed by atoms with Crippen LogP contribution in [0.15, 0.2) is 64.5 Å². The van der Waals surface area contributed by atoms with E-state index in [1.807, 2.05) is 65.6 Å². The number of rotatable bonds is 6. The van der Waals surface area contributed by atoms with Crippen LogP contribution in [0.4, 0.5) is 5.69 Å². The van der Waals surface area contributed by atoms with Crippen LogP contribution in [0.1, 0.15) is 52.0 Å². The maximum atomic E-state index is 13.5. The molecular formula is C27H32N2O2S. The number of thioether (sulfide) groups is 1. The van der Waals surface area contributed by atoms with Crippen LogP contribution in [-0.4, -0.2) is 28.6 Å². The smallest absolute Gasteiger partial charge is 0.267 e. The Balaban J connectivity index is 1.60. The first-order valence-electron chi connectivity index (χ1n) is 11.6. The number of para-hydroxylation sites is 1. The molecule has 1 aliphatic heterocycles. The molecule has 1 aliphatic carbocycles. The van der Waals surface area contributed by atoms with Gasteiger partial charge in [-0.1, -0.05) is 63.9 Å². The van der Waals surface area contributed by atoms with Crippen molar-refractivity contribution in [1.29, 1.82) is 0 Å². The van der Waals surface area contributed by atoms with E-state index < -0.39 is 0 Å². The lowest BCUT2D eigenvalue weighted by Crippen LogP contribution is -2.44. The second-order valence-electron chi connectivity index (χ2n) is 9.12. The Morgan fingerprint density at radius 2 is 1.81 bits per heavy atom. The predicted molar refractivity (Wildman–Crippen MR) is 134 cm³/mol. The summed E-state index contributed by atoms with van der Waals surface area (Å²) in [6.45, 7) is 7.23. The molecule has 0 bridgehead atoms. The number of ether oxygens (including phenoxy) is 1. The van der Waals surface area contributed by atoms with Gasteiger partial charge in [0.05, 0.1) is 17.2 Å². The third-order valence-electron chi connectivity index (χ3n) is 5.98. The van der Waals surface area contributed by atoms with E-state index in [9.17, 15) is 4.79 Å². The third kappa shape index (κ3) is 5.44. The maximum absolute atomic E-state index is 13.5. The fourth-order valence-electron chi connectivity index (χ4n) is 4.22. The van der Waals surface area contributed by atoms with Crippen LogP contribution in [0.25, 0.3) is 6.08 Å². The number of nitrogens with zero attached hydrogens (tertiary/aromatic N) is 2. The van der Waals surface area contributed by atoms with Gasteiger partial charge in [-0.05, 0) is 72.3 Å². The van der Waals surface area contributed by atoms with E-state index in [2.05, 4.69) is 20.8 Å². The molecule has 0 spiro atoms. The summed E-state index contributed by atoms with van der Waals surface area (Å²) in [7, 11) is 0. The molecule has 1 saturated carbocycles. The summed E-state index contributed by atoms with van der Waals surface area (Å²) in [4.78, 5) is 21.1. The maximum Gasteiger partial charge on any atom is 0.267 e. The van der Waals surface area contributed by atoms with E-state index in [-0.39, 0.29) is 11.9 Å². The first-order chi connectivity index (χ1) is 15.5. The van der Waals surface area contributed by atoms with Crippen molar-refractivity contribution in [1.82, 2.24) is 4.90 Å². The van der Waals surface area contributed by atoms with Crippen LogP contribution in [0.2, 0.25) is 0 Å². The molecule has 1 saturated heterocycles. The normalized spacial score (nSPS) is 24.0. The van der Waals surface area contributed by atoms with Gasteiger partial charge in [0, 0.05) is 6.04 Å². The fraction of sp³-hybridized carbons (Fsp3) is 0.407. The molecule has 5 heteroatoms. The highest BCUT2D eigenvalue weighted by molar-refractivity contribution is 8.18. The molecule has 0 unspecified atom stereocenters. The van der Waals surface area contributed by atoms with E-state index >= 15 is 0 Å². The zero-order chi connectivity index (χ0) is 22.5. The van der Waals surface area contributed by atoms with E-state index in [0.717, 1.165) is 39.9 Å². The summed E-state index contributed by atoms with van der Waals surface area (Å²) >= 11 is 1.49. The number of carbonyl (C=O) groups excluding carboxylic acids is 1. The summed E-state index contributed by atoms with van der Waals surface area (Å²) in [6, 6.07) is 18.1. The van der Waals surface area contributed by atoms with Crippen LogP contribution >= 0.6 is 11.8 Å². The van der Waals surface area contributed by atoms with Gasteiger partial charge in [-0.2, -0.15) is 0 Å². The third-order valence-corrected chi connectivity index (χ3v) is 6.96. The van der Waals surface area contributed by atoms with Crippen molar-refractivity contribution in [3.05, 3.63) is 65.1 Å². The predicted octanol–water partition coefficient (Wildman–Crippen LogP) is 6.90. The van der Waals surface area contributed by atoms with Crippen molar-refractivity contribution in [2.24, 2.45) is 16.8 Å². The molecular weight excluding hydrogens is 416 g/mol. The molecule has 1 heterocycles. The number of hydrogen-bond donors (Lipinski definition) is 0. The lowest BCUT2D eigenvalue weighted by Gasteiger charge is -2.35. The van der Waals surface area contributed by atoms with E-state index in [1.54, 1.807) is 0 Å². The fourth-order valence-corrected chi connectivity index (χ4v) is 5.27. The first-order valence-corrected chi connectivity index (χ1v) is 12.4. The minimum Gasteiger partial charge on any atom is -0.493 e. The van der Waals surface area contributed by atoms with Crippen LogP contribution in [0, 0.1) is 11.8 Å². The van der Waals surface area contributed by atoms with Gasteiger partial charge in [-0.25, -0.2) is 4.99 Å². The highest BCUT2D eigenvalue weighted by Gasteiger charge is 2.41. The molecule has 1 amide bonds. The highest BCUT2D eigenvalue weighted by atomic mass is 32.2. The van der Waals surface area contributed by atoms with Gasteiger partial charge in [0.25, 0.3) is 5.91 Å². The molecule has 168 valence electrons. The topological polar surface area (TPSA) is 41.9 Å². The summed E-state index contributed by atoms with van der Waals surface area (Å²) < 4.78 is 5.78. The number of amidine groups is 1. The van der Waals surface area contributed by atoms with Crippen molar-refractivity contribution >= 4 is 34.6 Å². The average molecular weight is 449 g/mol. The Labute approximate surface area is 195 Å². The number of benzene rings is 2. The lowest BCUT2D eigenvalue weighted by molar-refractivity contribution is -0.124. The highest BCUT2D eigenvalue weighted by Crippen LogP contribution is 2.40. The van der Waals surface area contributed by atoms with Gasteiger partial charge in [-0.15, -0.1) is 0 Å². The second-order valence-corrected chi connectivity index (χ2v) is 10.1. The molecule has 0 radical (unpaired) electrons. The largest absolute Gasteiger partial charge is 0.493 e. The zero-order valence-corrected chi connectivity index (χ0v) is 20.0. The Hall–Kier alpha value is -2.53. The molecule has 4 rings (SSSR count). The van der Waals surface area contributed by atoms with Crippen molar-refractivity contribution in [3.63, 3.8) is 0 Å². The SMILES string of the molecule is CC(C)COc1ccc(/C=C2\SC(=Nc3ccccc3)N([C@@H]3CCCC[C@@H]3C)C2=O)cc1. The van der Waals surface area contributed by atoms with Gasteiger partial charge in [0.2, 0.25) is 0 Å². The molecule has 2 aliphatic rings.